The molecule has 0 N–H and O–H groups in total. The molecule has 2 aliphatic heterocycles. The summed E-state index contributed by atoms with van der Waals surface area (Å²) < 4.78 is 9.56. The molecule has 6 nitrogen and oxygen atoms in total. The van der Waals surface area contributed by atoms with Crippen LogP contribution in [0.25, 0.3) is 0 Å². The Morgan fingerprint density at radius 1 is 1.39 bits per heavy atom. The summed E-state index contributed by atoms with van der Waals surface area (Å²) >= 11 is 1.11. The van der Waals surface area contributed by atoms with Crippen LogP contribution < -0.4 is 0 Å². The van der Waals surface area contributed by atoms with Crippen LogP contribution in [0.1, 0.15) is 44.1 Å². The molecule has 118 valence electrons. The molecular formula is C16H15N3O3S. The highest BCUT2D eigenvalue weighted by molar-refractivity contribution is 7.07. The average Bonchev–Trinajstić information content (AvgIpc) is 3.10. The molecule has 4 rings (SSSR count). The van der Waals surface area contributed by atoms with Crippen molar-refractivity contribution in [3.8, 4) is 0 Å². The van der Waals surface area contributed by atoms with Gasteiger partial charge in [-0.15, -0.1) is 5.10 Å². The van der Waals surface area contributed by atoms with Crippen LogP contribution >= 0.6 is 11.5 Å². The largest absolute Gasteiger partial charge is 0.449 e. The van der Waals surface area contributed by atoms with Crippen molar-refractivity contribution in [3.63, 3.8) is 0 Å². The van der Waals surface area contributed by atoms with Crippen molar-refractivity contribution in [1.29, 1.82) is 0 Å². The number of aryl methyl sites for hydroxylation is 1. The number of hydrogen-bond donors (Lipinski definition) is 0. The number of benzene rings is 1. The average molecular weight is 329 g/mol. The molecule has 0 aliphatic carbocycles. The number of piperidine rings is 1. The Labute approximate surface area is 137 Å². The van der Waals surface area contributed by atoms with E-state index in [0.29, 0.717) is 29.2 Å². The fourth-order valence-corrected chi connectivity index (χ4v) is 4.04. The van der Waals surface area contributed by atoms with Gasteiger partial charge in [0, 0.05) is 12.1 Å². The van der Waals surface area contributed by atoms with E-state index in [1.807, 2.05) is 18.2 Å². The standard InChI is InChI=1S/C16H15N3O3S/c1-10-13(23-18-17-10)14(20)19-8-4-7-16(9-19)12-6-3-2-5-11(12)15(21)22-16/h2-3,5-6H,4,7-9H2,1H3/t16-/m1/s1. The van der Waals surface area contributed by atoms with E-state index in [2.05, 4.69) is 9.59 Å². The summed E-state index contributed by atoms with van der Waals surface area (Å²) in [5.74, 6) is -0.387. The lowest BCUT2D eigenvalue weighted by molar-refractivity contribution is -0.0441. The smallest absolute Gasteiger partial charge is 0.339 e. The summed E-state index contributed by atoms with van der Waals surface area (Å²) in [7, 11) is 0. The highest BCUT2D eigenvalue weighted by Gasteiger charge is 2.49. The van der Waals surface area contributed by atoms with E-state index in [1.54, 1.807) is 17.9 Å². The first-order valence-corrected chi connectivity index (χ1v) is 8.29. The first-order chi connectivity index (χ1) is 11.1. The van der Waals surface area contributed by atoms with E-state index in [-0.39, 0.29) is 11.9 Å². The molecule has 7 heteroatoms. The molecule has 2 aromatic rings. The molecule has 0 unspecified atom stereocenters. The third-order valence-corrected chi connectivity index (χ3v) is 5.33. The summed E-state index contributed by atoms with van der Waals surface area (Å²) in [4.78, 5) is 27.2. The maximum absolute atomic E-state index is 12.7. The van der Waals surface area contributed by atoms with E-state index in [0.717, 1.165) is 29.9 Å². The lowest BCUT2D eigenvalue weighted by Crippen LogP contribution is -2.48. The summed E-state index contributed by atoms with van der Waals surface area (Å²) in [6, 6.07) is 7.44. The number of amides is 1. The second-order valence-electron chi connectivity index (χ2n) is 5.95. The molecule has 0 saturated carbocycles. The first kappa shape index (κ1) is 14.3. The Bertz CT molecular complexity index is 803. The second kappa shape index (κ2) is 5.13. The number of nitrogens with zero attached hydrogens (tertiary/aromatic N) is 3. The Hall–Kier alpha value is -2.28. The molecule has 2 aliphatic rings. The van der Waals surface area contributed by atoms with E-state index in [1.165, 1.54) is 0 Å². The minimum Gasteiger partial charge on any atom is -0.449 e. The van der Waals surface area contributed by atoms with Gasteiger partial charge < -0.3 is 9.64 Å². The van der Waals surface area contributed by atoms with Crippen LogP contribution in [-0.4, -0.2) is 39.5 Å². The zero-order valence-corrected chi connectivity index (χ0v) is 13.4. The number of rotatable bonds is 1. The predicted octanol–water partition coefficient (Wildman–Crippen LogP) is 2.15. The van der Waals surface area contributed by atoms with Gasteiger partial charge in [-0.3, -0.25) is 4.79 Å². The number of ether oxygens (including phenoxy) is 1. The van der Waals surface area contributed by atoms with Gasteiger partial charge in [0.2, 0.25) is 0 Å². The van der Waals surface area contributed by atoms with Crippen molar-refractivity contribution >= 4 is 23.4 Å². The Morgan fingerprint density at radius 3 is 3.00 bits per heavy atom. The minimum absolute atomic E-state index is 0.0861. The molecule has 1 aromatic heterocycles. The molecule has 1 saturated heterocycles. The molecule has 23 heavy (non-hydrogen) atoms. The van der Waals surface area contributed by atoms with Gasteiger partial charge in [0.15, 0.2) is 5.60 Å². The minimum atomic E-state index is -0.715. The summed E-state index contributed by atoms with van der Waals surface area (Å²) in [6.07, 6.45) is 1.53. The van der Waals surface area contributed by atoms with Crippen molar-refractivity contribution < 1.29 is 14.3 Å². The summed E-state index contributed by atoms with van der Waals surface area (Å²) in [5.41, 5.74) is 1.43. The van der Waals surface area contributed by atoms with E-state index < -0.39 is 5.60 Å². The van der Waals surface area contributed by atoms with Crippen molar-refractivity contribution in [2.45, 2.75) is 25.4 Å². The van der Waals surface area contributed by atoms with E-state index in [9.17, 15) is 9.59 Å². The summed E-state index contributed by atoms with van der Waals surface area (Å²) in [6.45, 7) is 2.81. The third kappa shape index (κ3) is 2.15. The Kier molecular flexibility index (Phi) is 3.19. The number of aromatic nitrogens is 2. The molecule has 1 aromatic carbocycles. The van der Waals surface area contributed by atoms with Gasteiger partial charge >= 0.3 is 5.97 Å². The molecular weight excluding hydrogens is 314 g/mol. The van der Waals surface area contributed by atoms with Crippen LogP contribution in [0, 0.1) is 6.92 Å². The fourth-order valence-electron chi connectivity index (χ4n) is 3.42. The van der Waals surface area contributed by atoms with Crippen LogP contribution in [0.5, 0.6) is 0 Å². The van der Waals surface area contributed by atoms with Gasteiger partial charge in [0.25, 0.3) is 5.91 Å². The van der Waals surface area contributed by atoms with Crippen LogP contribution in [0.4, 0.5) is 0 Å². The lowest BCUT2D eigenvalue weighted by Gasteiger charge is -2.39. The summed E-state index contributed by atoms with van der Waals surface area (Å²) in [5, 5.41) is 3.91. The zero-order chi connectivity index (χ0) is 16.0. The van der Waals surface area contributed by atoms with Gasteiger partial charge in [-0.2, -0.15) is 0 Å². The van der Waals surface area contributed by atoms with Crippen molar-refractivity contribution in [2.24, 2.45) is 0 Å². The number of esters is 1. The normalized spacial score (nSPS) is 23.0. The van der Waals surface area contributed by atoms with Gasteiger partial charge in [-0.25, -0.2) is 4.79 Å². The molecule has 1 atom stereocenters. The maximum atomic E-state index is 12.7. The zero-order valence-electron chi connectivity index (χ0n) is 12.6. The fraction of sp³-hybridized carbons (Fsp3) is 0.375. The van der Waals surface area contributed by atoms with Gasteiger partial charge in [0.1, 0.15) is 4.88 Å². The quantitative estimate of drug-likeness (QED) is 0.750. The van der Waals surface area contributed by atoms with Gasteiger partial charge in [-0.1, -0.05) is 22.7 Å². The first-order valence-electron chi connectivity index (χ1n) is 7.52. The van der Waals surface area contributed by atoms with E-state index in [4.69, 9.17) is 4.74 Å². The van der Waals surface area contributed by atoms with Crippen LogP contribution in [0.15, 0.2) is 24.3 Å². The molecule has 1 fully saturated rings. The number of carbonyl (C=O) groups excluding carboxylic acids is 2. The Balaban J connectivity index is 1.67. The monoisotopic (exact) mass is 329 g/mol. The van der Waals surface area contributed by atoms with Crippen molar-refractivity contribution in [1.82, 2.24) is 14.5 Å². The maximum Gasteiger partial charge on any atom is 0.339 e. The van der Waals surface area contributed by atoms with Crippen LogP contribution in [0.2, 0.25) is 0 Å². The number of hydrogen-bond acceptors (Lipinski definition) is 6. The highest BCUT2D eigenvalue weighted by atomic mass is 32.1. The van der Waals surface area contributed by atoms with Crippen LogP contribution in [-0.2, 0) is 10.3 Å². The number of likely N-dealkylation sites (tertiary alicyclic amines) is 1. The number of fused-ring (bicyclic) bond motifs is 2. The topological polar surface area (TPSA) is 72.4 Å². The Morgan fingerprint density at radius 2 is 2.22 bits per heavy atom. The molecule has 3 heterocycles. The van der Waals surface area contributed by atoms with Crippen LogP contribution in [0.3, 0.4) is 0 Å². The van der Waals surface area contributed by atoms with Gasteiger partial charge in [0.05, 0.1) is 17.8 Å². The molecule has 0 bridgehead atoms. The van der Waals surface area contributed by atoms with E-state index >= 15 is 0 Å². The SMILES string of the molecule is Cc1nnsc1C(=O)N1CCC[C@]2(C1)OC(=O)c1ccccc12. The van der Waals surface area contributed by atoms with Crippen molar-refractivity contribution in [3.05, 3.63) is 46.0 Å². The predicted molar refractivity (Wildman–Crippen MR) is 83.3 cm³/mol. The highest BCUT2D eigenvalue weighted by Crippen LogP contribution is 2.43. The lowest BCUT2D eigenvalue weighted by atomic mass is 9.85. The second-order valence-corrected chi connectivity index (χ2v) is 6.70. The third-order valence-electron chi connectivity index (χ3n) is 4.51. The number of carbonyl (C=O) groups is 2. The molecule has 1 amide bonds. The van der Waals surface area contributed by atoms with Crippen molar-refractivity contribution in [2.75, 3.05) is 13.1 Å². The van der Waals surface area contributed by atoms with Gasteiger partial charge in [-0.05, 0) is 37.4 Å². The molecule has 1 spiro atoms. The molecule has 0 radical (unpaired) electrons.